The number of nitrogens with one attached hydrogen (secondary N) is 3. The summed E-state index contributed by atoms with van der Waals surface area (Å²) in [6, 6.07) is 0.495. The van der Waals surface area contributed by atoms with Gasteiger partial charge in [0.2, 0.25) is 11.0 Å². The molecule has 0 aromatic heterocycles. The summed E-state index contributed by atoms with van der Waals surface area (Å²) in [5, 5.41) is 9.61. The normalized spacial score (nSPS) is 28.5. The highest BCUT2D eigenvalue weighted by atomic mass is 32.2. The fraction of sp³-hybridized carbons (Fsp3) is 0.786. The molecular formula is C14H25N3OS. The van der Waals surface area contributed by atoms with E-state index in [4.69, 9.17) is 0 Å². The number of carbonyl (C=O) groups is 1. The lowest BCUT2D eigenvalue weighted by Crippen LogP contribution is -2.69. The molecule has 1 fully saturated rings. The van der Waals surface area contributed by atoms with Crippen molar-refractivity contribution in [2.24, 2.45) is 0 Å². The van der Waals surface area contributed by atoms with Gasteiger partial charge >= 0.3 is 0 Å². The third-order valence-corrected chi connectivity index (χ3v) is 4.71. The minimum Gasteiger partial charge on any atom is -0.345 e. The Bertz CT molecular complexity index is 353. The van der Waals surface area contributed by atoms with E-state index in [0.29, 0.717) is 6.04 Å². The lowest BCUT2D eigenvalue weighted by Gasteiger charge is -2.42. The highest BCUT2D eigenvalue weighted by Crippen LogP contribution is 2.25. The van der Waals surface area contributed by atoms with Gasteiger partial charge in [-0.2, -0.15) is 0 Å². The average Bonchev–Trinajstić information content (AvgIpc) is 2.39. The Hall–Kier alpha value is -0.680. The summed E-state index contributed by atoms with van der Waals surface area (Å²) in [6.45, 7) is 2.13. The number of allylic oxidation sites excluding steroid dienone is 1. The molecule has 1 aliphatic carbocycles. The van der Waals surface area contributed by atoms with Gasteiger partial charge < -0.3 is 10.6 Å². The summed E-state index contributed by atoms with van der Waals surface area (Å²) < 4.78 is 0. The van der Waals surface area contributed by atoms with Crippen molar-refractivity contribution in [2.75, 3.05) is 6.26 Å². The predicted octanol–water partition coefficient (Wildman–Crippen LogP) is 2.29. The first-order valence-corrected chi connectivity index (χ1v) is 8.53. The van der Waals surface area contributed by atoms with Crippen LogP contribution in [0.4, 0.5) is 0 Å². The van der Waals surface area contributed by atoms with E-state index in [1.807, 2.05) is 6.26 Å². The summed E-state index contributed by atoms with van der Waals surface area (Å²) in [7, 11) is 0. The first kappa shape index (κ1) is 14.7. The maximum atomic E-state index is 11.9. The van der Waals surface area contributed by atoms with Crippen molar-refractivity contribution < 1.29 is 4.79 Å². The maximum Gasteiger partial charge on any atom is 0.249 e. The van der Waals surface area contributed by atoms with Crippen LogP contribution in [0.15, 0.2) is 11.8 Å². The van der Waals surface area contributed by atoms with Crippen LogP contribution in [0.3, 0.4) is 0 Å². The number of hydrogen-bond donors (Lipinski definition) is 3. The van der Waals surface area contributed by atoms with Gasteiger partial charge in [-0.3, -0.25) is 10.1 Å². The molecule has 1 heterocycles. The maximum absolute atomic E-state index is 11.9. The van der Waals surface area contributed by atoms with E-state index in [1.165, 1.54) is 32.1 Å². The van der Waals surface area contributed by atoms with Crippen LogP contribution in [0.25, 0.3) is 0 Å². The topological polar surface area (TPSA) is 53.2 Å². The van der Waals surface area contributed by atoms with Crippen LogP contribution in [0.2, 0.25) is 0 Å². The number of amides is 1. The largest absolute Gasteiger partial charge is 0.345 e. The van der Waals surface area contributed by atoms with E-state index in [-0.39, 0.29) is 5.91 Å². The fourth-order valence-electron chi connectivity index (χ4n) is 2.83. The van der Waals surface area contributed by atoms with Crippen LogP contribution in [-0.2, 0) is 4.79 Å². The fourth-order valence-corrected chi connectivity index (χ4v) is 3.55. The van der Waals surface area contributed by atoms with E-state index in [9.17, 15) is 4.79 Å². The van der Waals surface area contributed by atoms with Gasteiger partial charge in [0.25, 0.3) is 0 Å². The van der Waals surface area contributed by atoms with Crippen molar-refractivity contribution in [3.8, 4) is 0 Å². The van der Waals surface area contributed by atoms with Gasteiger partial charge in [-0.15, -0.1) is 0 Å². The molecule has 1 saturated carbocycles. The molecule has 4 nitrogen and oxygen atoms in total. The van der Waals surface area contributed by atoms with Crippen molar-refractivity contribution >= 4 is 17.7 Å². The van der Waals surface area contributed by atoms with Crippen LogP contribution in [0.1, 0.15) is 51.9 Å². The summed E-state index contributed by atoms with van der Waals surface area (Å²) in [5.41, 5.74) is 1.03. The number of carbonyl (C=O) groups excluding carboxylic acids is 1. The van der Waals surface area contributed by atoms with E-state index in [1.54, 1.807) is 17.8 Å². The predicted molar refractivity (Wildman–Crippen MR) is 80.5 cm³/mol. The van der Waals surface area contributed by atoms with Crippen LogP contribution >= 0.6 is 11.8 Å². The van der Waals surface area contributed by atoms with Gasteiger partial charge in [0.15, 0.2) is 0 Å². The molecule has 0 aromatic carbocycles. The van der Waals surface area contributed by atoms with Crippen LogP contribution in [-0.4, -0.2) is 23.3 Å². The molecule has 0 spiro atoms. The molecule has 0 aromatic rings. The second-order valence-electron chi connectivity index (χ2n) is 5.40. The Labute approximate surface area is 120 Å². The molecule has 0 bridgehead atoms. The van der Waals surface area contributed by atoms with Crippen LogP contribution < -0.4 is 16.0 Å². The van der Waals surface area contributed by atoms with Gasteiger partial charge in [-0.1, -0.05) is 44.4 Å². The first-order valence-electron chi connectivity index (χ1n) is 7.31. The molecule has 2 aliphatic rings. The Morgan fingerprint density at radius 3 is 2.74 bits per heavy atom. The zero-order chi connectivity index (χ0) is 13.7. The summed E-state index contributed by atoms with van der Waals surface area (Å²) in [6.07, 6.45) is 12.0. The summed E-state index contributed by atoms with van der Waals surface area (Å²) in [5.74, 6) is -0.000130. The lowest BCUT2D eigenvalue weighted by atomic mass is 9.95. The van der Waals surface area contributed by atoms with Gasteiger partial charge in [0.05, 0.1) is 0 Å². The number of hydrogen-bond acceptors (Lipinski definition) is 4. The Morgan fingerprint density at radius 1 is 1.37 bits per heavy atom. The molecule has 2 rings (SSSR count). The summed E-state index contributed by atoms with van der Waals surface area (Å²) in [4.78, 5) is 11.9. The quantitative estimate of drug-likeness (QED) is 0.678. The minimum absolute atomic E-state index is 0.000130. The Morgan fingerprint density at radius 2 is 2.11 bits per heavy atom. The van der Waals surface area contributed by atoms with Crippen molar-refractivity contribution in [1.29, 1.82) is 0 Å². The van der Waals surface area contributed by atoms with Crippen molar-refractivity contribution in [1.82, 2.24) is 16.0 Å². The Kier molecular flexibility index (Phi) is 5.16. The van der Waals surface area contributed by atoms with Gasteiger partial charge in [0, 0.05) is 17.8 Å². The molecule has 19 heavy (non-hydrogen) atoms. The molecule has 3 N–H and O–H groups in total. The van der Waals surface area contributed by atoms with Crippen molar-refractivity contribution in [3.63, 3.8) is 0 Å². The third-order valence-electron chi connectivity index (χ3n) is 3.78. The van der Waals surface area contributed by atoms with E-state index in [0.717, 1.165) is 18.5 Å². The van der Waals surface area contributed by atoms with E-state index in [2.05, 4.69) is 22.9 Å². The second kappa shape index (κ2) is 6.66. The average molecular weight is 283 g/mol. The molecular weight excluding hydrogens is 258 g/mol. The lowest BCUT2D eigenvalue weighted by molar-refractivity contribution is -0.118. The van der Waals surface area contributed by atoms with E-state index < -0.39 is 5.12 Å². The number of rotatable bonds is 5. The molecule has 0 radical (unpaired) electrons. The highest BCUT2D eigenvalue weighted by molar-refractivity contribution is 7.99. The van der Waals surface area contributed by atoms with Crippen molar-refractivity contribution in [2.45, 2.75) is 63.0 Å². The van der Waals surface area contributed by atoms with Crippen LogP contribution in [0.5, 0.6) is 0 Å². The standard InChI is InChI=1S/C14H25N3OS/c1-3-7-12-10-13(18)17-14(16-12,19-2)15-11-8-5-4-6-9-11/h10-11,15-16H,3-9H2,1-2H3,(H,17,18)/t14-/m1/s1. The molecule has 0 unspecified atom stereocenters. The van der Waals surface area contributed by atoms with Gasteiger partial charge in [-0.25, -0.2) is 0 Å². The van der Waals surface area contributed by atoms with Crippen molar-refractivity contribution in [3.05, 3.63) is 11.8 Å². The molecule has 108 valence electrons. The molecule has 0 saturated heterocycles. The molecule has 1 aliphatic heterocycles. The third kappa shape index (κ3) is 3.89. The second-order valence-corrected chi connectivity index (χ2v) is 6.42. The monoisotopic (exact) mass is 283 g/mol. The SMILES string of the molecule is CCCC1=CC(=O)N[C@](NC2CCCCC2)(SC)N1. The van der Waals surface area contributed by atoms with Gasteiger partial charge in [-0.05, 0) is 25.5 Å². The number of thioether (sulfide) groups is 1. The molecule has 1 atom stereocenters. The highest BCUT2D eigenvalue weighted by Gasteiger charge is 2.36. The summed E-state index contributed by atoms with van der Waals surface area (Å²) >= 11 is 1.63. The van der Waals surface area contributed by atoms with Crippen LogP contribution in [0, 0.1) is 0 Å². The van der Waals surface area contributed by atoms with E-state index >= 15 is 0 Å². The van der Waals surface area contributed by atoms with Gasteiger partial charge in [0.1, 0.15) is 0 Å². The first-order chi connectivity index (χ1) is 9.17. The minimum atomic E-state index is -0.529. The molecule has 1 amide bonds. The molecule has 5 heteroatoms. The smallest absolute Gasteiger partial charge is 0.249 e. The zero-order valence-electron chi connectivity index (χ0n) is 11.9. The zero-order valence-corrected chi connectivity index (χ0v) is 12.7. The Balaban J connectivity index is 2.04.